The van der Waals surface area contributed by atoms with Crippen molar-refractivity contribution >= 4 is 5.82 Å². The van der Waals surface area contributed by atoms with Crippen molar-refractivity contribution in [3.8, 4) is 0 Å². The molecule has 4 heteroatoms. The van der Waals surface area contributed by atoms with Crippen molar-refractivity contribution in [3.05, 3.63) is 18.6 Å². The molecule has 0 N–H and O–H groups in total. The minimum absolute atomic E-state index is 0.358. The maximum atomic E-state index is 5.31. The maximum absolute atomic E-state index is 5.31. The van der Waals surface area contributed by atoms with Gasteiger partial charge in [-0.2, -0.15) is 0 Å². The normalized spacial score (nSPS) is 10.6. The molecule has 0 radical (unpaired) electrons. The van der Waals surface area contributed by atoms with Gasteiger partial charge in [0.1, 0.15) is 0 Å². The molecule has 0 atom stereocenters. The van der Waals surface area contributed by atoms with Gasteiger partial charge in [0.15, 0.2) is 5.82 Å². The first kappa shape index (κ1) is 10.9. The molecule has 4 nitrogen and oxygen atoms in total. The highest BCUT2D eigenvalue weighted by atomic mass is 16.7. The van der Waals surface area contributed by atoms with Crippen LogP contribution in [0.1, 0.15) is 26.7 Å². The Balaban J connectivity index is 2.81. The summed E-state index contributed by atoms with van der Waals surface area (Å²) in [5.41, 5.74) is 0. The predicted molar refractivity (Wildman–Crippen MR) is 55.9 cm³/mol. The van der Waals surface area contributed by atoms with Gasteiger partial charge in [-0.1, -0.05) is 13.8 Å². The van der Waals surface area contributed by atoms with Gasteiger partial charge in [0, 0.05) is 12.4 Å². The summed E-state index contributed by atoms with van der Waals surface area (Å²) < 4.78 is 0. The van der Waals surface area contributed by atoms with Crippen molar-refractivity contribution in [3.63, 3.8) is 0 Å². The molecule has 0 spiro atoms. The summed E-state index contributed by atoms with van der Waals surface area (Å²) >= 11 is 0. The summed E-state index contributed by atoms with van der Waals surface area (Å²) in [6.45, 7) is 4.27. The topological polar surface area (TPSA) is 38.2 Å². The van der Waals surface area contributed by atoms with Crippen molar-refractivity contribution in [2.24, 2.45) is 0 Å². The largest absolute Gasteiger partial charge is 0.275 e. The van der Waals surface area contributed by atoms with Crippen LogP contribution < -0.4 is 5.06 Å². The van der Waals surface area contributed by atoms with E-state index in [0.29, 0.717) is 6.04 Å². The Morgan fingerprint density at radius 2 is 2.07 bits per heavy atom. The average Bonchev–Trinajstić information content (AvgIpc) is 2.27. The molecule has 0 saturated carbocycles. The molecule has 1 aromatic rings. The third-order valence-electron chi connectivity index (χ3n) is 2.25. The standard InChI is InChI=1S/C10H17N3O/c1-4-9(5-2)13(14-3)10-8-11-6-7-12-10/h6-9H,4-5H2,1-3H3. The molecular formula is C10H17N3O. The monoisotopic (exact) mass is 195 g/mol. The summed E-state index contributed by atoms with van der Waals surface area (Å²) in [7, 11) is 1.66. The molecule has 0 aliphatic heterocycles. The summed E-state index contributed by atoms with van der Waals surface area (Å²) in [5, 5.41) is 1.81. The number of rotatable bonds is 5. The van der Waals surface area contributed by atoms with E-state index in [9.17, 15) is 0 Å². The first-order chi connectivity index (χ1) is 6.83. The van der Waals surface area contributed by atoms with Crippen LogP contribution in [0.4, 0.5) is 5.82 Å². The maximum Gasteiger partial charge on any atom is 0.171 e. The molecule has 0 saturated heterocycles. The van der Waals surface area contributed by atoms with Crippen molar-refractivity contribution in [1.82, 2.24) is 9.97 Å². The van der Waals surface area contributed by atoms with Crippen molar-refractivity contribution < 1.29 is 4.84 Å². The highest BCUT2D eigenvalue weighted by Gasteiger charge is 2.16. The first-order valence-corrected chi connectivity index (χ1v) is 4.92. The second-order valence-electron chi connectivity index (χ2n) is 3.04. The Labute approximate surface area is 84.9 Å². The number of aromatic nitrogens is 2. The van der Waals surface area contributed by atoms with Crippen LogP contribution in [0.2, 0.25) is 0 Å². The van der Waals surface area contributed by atoms with E-state index in [1.807, 2.05) is 5.06 Å². The fourth-order valence-electron chi connectivity index (χ4n) is 1.46. The van der Waals surface area contributed by atoms with Crippen LogP contribution in [-0.2, 0) is 4.84 Å². The number of hydrogen-bond acceptors (Lipinski definition) is 4. The zero-order valence-corrected chi connectivity index (χ0v) is 8.97. The summed E-state index contributed by atoms with van der Waals surface area (Å²) in [6.07, 6.45) is 7.09. The lowest BCUT2D eigenvalue weighted by Gasteiger charge is -2.28. The van der Waals surface area contributed by atoms with E-state index in [2.05, 4.69) is 23.8 Å². The molecule has 0 aliphatic carbocycles. The molecular weight excluding hydrogens is 178 g/mol. The molecule has 1 heterocycles. The lowest BCUT2D eigenvalue weighted by atomic mass is 10.2. The van der Waals surface area contributed by atoms with Gasteiger partial charge >= 0.3 is 0 Å². The highest BCUT2D eigenvalue weighted by molar-refractivity contribution is 5.32. The van der Waals surface area contributed by atoms with Crippen LogP contribution in [-0.4, -0.2) is 23.1 Å². The van der Waals surface area contributed by atoms with Crippen LogP contribution in [0.25, 0.3) is 0 Å². The summed E-state index contributed by atoms with van der Waals surface area (Å²) in [5.74, 6) is 0.767. The van der Waals surface area contributed by atoms with E-state index in [4.69, 9.17) is 4.84 Å². The highest BCUT2D eigenvalue weighted by Crippen LogP contribution is 2.16. The van der Waals surface area contributed by atoms with Crippen molar-refractivity contribution in [2.75, 3.05) is 12.2 Å². The fraction of sp³-hybridized carbons (Fsp3) is 0.600. The molecule has 14 heavy (non-hydrogen) atoms. The molecule has 0 unspecified atom stereocenters. The van der Waals surface area contributed by atoms with E-state index >= 15 is 0 Å². The average molecular weight is 195 g/mol. The van der Waals surface area contributed by atoms with Crippen LogP contribution >= 0.6 is 0 Å². The molecule has 0 bridgehead atoms. The zero-order valence-electron chi connectivity index (χ0n) is 8.97. The predicted octanol–water partition coefficient (Wildman–Crippen LogP) is 2.03. The third kappa shape index (κ3) is 2.42. The summed E-state index contributed by atoms with van der Waals surface area (Å²) in [6, 6.07) is 0.358. The van der Waals surface area contributed by atoms with Gasteiger partial charge in [-0.3, -0.25) is 9.82 Å². The third-order valence-corrected chi connectivity index (χ3v) is 2.25. The smallest absolute Gasteiger partial charge is 0.171 e. The fourth-order valence-corrected chi connectivity index (χ4v) is 1.46. The van der Waals surface area contributed by atoms with Gasteiger partial charge in [-0.25, -0.2) is 10.0 Å². The number of nitrogens with zero attached hydrogens (tertiary/aromatic N) is 3. The first-order valence-electron chi connectivity index (χ1n) is 4.92. The van der Waals surface area contributed by atoms with Crippen molar-refractivity contribution in [1.29, 1.82) is 0 Å². The molecule has 0 amide bonds. The quantitative estimate of drug-likeness (QED) is 0.674. The van der Waals surface area contributed by atoms with Crippen LogP contribution in [0.15, 0.2) is 18.6 Å². The van der Waals surface area contributed by atoms with Gasteiger partial charge in [-0.15, -0.1) is 0 Å². The second-order valence-corrected chi connectivity index (χ2v) is 3.04. The Bertz CT molecular complexity index is 249. The minimum atomic E-state index is 0.358. The lowest BCUT2D eigenvalue weighted by molar-refractivity contribution is 0.133. The molecule has 0 aliphatic rings. The van der Waals surface area contributed by atoms with Gasteiger partial charge in [0.05, 0.1) is 19.3 Å². The second kappa shape index (κ2) is 5.54. The minimum Gasteiger partial charge on any atom is -0.275 e. The van der Waals surface area contributed by atoms with E-state index in [0.717, 1.165) is 18.7 Å². The number of anilines is 1. The molecule has 0 aromatic carbocycles. The van der Waals surface area contributed by atoms with E-state index in [1.54, 1.807) is 25.7 Å². The van der Waals surface area contributed by atoms with Gasteiger partial charge in [-0.05, 0) is 12.8 Å². The molecule has 78 valence electrons. The Kier molecular flexibility index (Phi) is 4.32. The number of hydroxylamine groups is 1. The van der Waals surface area contributed by atoms with Crippen LogP contribution in [0, 0.1) is 0 Å². The van der Waals surface area contributed by atoms with Crippen molar-refractivity contribution in [2.45, 2.75) is 32.7 Å². The zero-order chi connectivity index (χ0) is 10.4. The molecule has 1 rings (SSSR count). The Hall–Kier alpha value is -1.16. The number of hydrogen-bond donors (Lipinski definition) is 0. The molecule has 1 aromatic heterocycles. The van der Waals surface area contributed by atoms with Gasteiger partial charge in [0.25, 0.3) is 0 Å². The Morgan fingerprint density at radius 1 is 1.36 bits per heavy atom. The lowest BCUT2D eigenvalue weighted by Crippen LogP contribution is -2.34. The Morgan fingerprint density at radius 3 is 2.50 bits per heavy atom. The van der Waals surface area contributed by atoms with Gasteiger partial charge < -0.3 is 0 Å². The van der Waals surface area contributed by atoms with E-state index in [1.165, 1.54) is 0 Å². The van der Waals surface area contributed by atoms with Crippen LogP contribution in [0.5, 0.6) is 0 Å². The molecule has 0 fully saturated rings. The van der Waals surface area contributed by atoms with Crippen LogP contribution in [0.3, 0.4) is 0 Å². The van der Waals surface area contributed by atoms with E-state index < -0.39 is 0 Å². The summed E-state index contributed by atoms with van der Waals surface area (Å²) in [4.78, 5) is 13.5. The van der Waals surface area contributed by atoms with E-state index in [-0.39, 0.29) is 0 Å². The SMILES string of the molecule is CCC(CC)N(OC)c1cnccn1. The van der Waals surface area contributed by atoms with Gasteiger partial charge in [0.2, 0.25) is 0 Å².